The van der Waals surface area contributed by atoms with E-state index in [1.54, 1.807) is 35.2 Å². The molecule has 0 bridgehead atoms. The highest BCUT2D eigenvalue weighted by Gasteiger charge is 2.11. The molecular weight excluding hydrogens is 304 g/mol. The fourth-order valence-electron chi connectivity index (χ4n) is 2.20. The van der Waals surface area contributed by atoms with E-state index >= 15 is 0 Å². The highest BCUT2D eigenvalue weighted by molar-refractivity contribution is 7.89. The summed E-state index contributed by atoms with van der Waals surface area (Å²) >= 11 is 0. The van der Waals surface area contributed by atoms with Gasteiger partial charge in [-0.15, -0.1) is 0 Å². The maximum Gasteiger partial charge on any atom is 0.238 e. The molecule has 22 heavy (non-hydrogen) atoms. The number of rotatable bonds is 4. The third-order valence-corrected chi connectivity index (χ3v) is 4.23. The molecule has 0 amide bonds. The van der Waals surface area contributed by atoms with Crippen molar-refractivity contribution in [1.82, 2.24) is 14.6 Å². The topological polar surface area (TPSA) is 111 Å². The lowest BCUT2D eigenvalue weighted by molar-refractivity contribution is 0.299. The van der Waals surface area contributed by atoms with Gasteiger partial charge >= 0.3 is 0 Å². The van der Waals surface area contributed by atoms with Crippen molar-refractivity contribution in [3.8, 4) is 11.1 Å². The average molecular weight is 318 g/mol. The Morgan fingerprint density at radius 1 is 1.18 bits per heavy atom. The number of primary sulfonamides is 1. The number of benzene rings is 1. The summed E-state index contributed by atoms with van der Waals surface area (Å²) in [6.45, 7) is 0.0519. The molecule has 114 valence electrons. The Hall–Kier alpha value is -2.29. The van der Waals surface area contributed by atoms with Gasteiger partial charge in [0.1, 0.15) is 0 Å². The molecule has 0 aliphatic carbocycles. The summed E-state index contributed by atoms with van der Waals surface area (Å²) in [6, 6.07) is 6.24. The maximum absolute atomic E-state index is 11.3. The van der Waals surface area contributed by atoms with E-state index < -0.39 is 10.0 Å². The predicted octanol–water partition coefficient (Wildman–Crippen LogP) is 0.579. The normalized spacial score (nSPS) is 11.9. The Labute approximate surface area is 127 Å². The molecule has 7 nitrogen and oxygen atoms in total. The zero-order valence-corrected chi connectivity index (χ0v) is 12.4. The zero-order chi connectivity index (χ0) is 15.7. The lowest BCUT2D eigenvalue weighted by atomic mass is 10.1. The van der Waals surface area contributed by atoms with Gasteiger partial charge in [0.15, 0.2) is 5.65 Å². The van der Waals surface area contributed by atoms with E-state index in [4.69, 9.17) is 10.2 Å². The molecule has 3 aromatic rings. The molecule has 0 aliphatic rings. The molecule has 8 heteroatoms. The Balaban J connectivity index is 2.03. The number of aromatic nitrogens is 3. The SMILES string of the molecule is NS(=O)(=O)c1ccc(-c2cnn3cc(CCO)cnc23)cc1. The first-order chi connectivity index (χ1) is 10.5. The van der Waals surface area contributed by atoms with Crippen LogP contribution >= 0.6 is 0 Å². The molecule has 3 N–H and O–H groups in total. The molecule has 0 spiro atoms. The van der Waals surface area contributed by atoms with Gasteiger partial charge in [-0.3, -0.25) is 0 Å². The van der Waals surface area contributed by atoms with Crippen molar-refractivity contribution >= 4 is 15.7 Å². The number of nitrogens with zero attached hydrogens (tertiary/aromatic N) is 3. The maximum atomic E-state index is 11.3. The summed E-state index contributed by atoms with van der Waals surface area (Å²) in [6.07, 6.45) is 5.68. The fraction of sp³-hybridized carbons (Fsp3) is 0.143. The number of hydrogen-bond donors (Lipinski definition) is 2. The monoisotopic (exact) mass is 318 g/mol. The van der Waals surface area contributed by atoms with Gasteiger partial charge in [-0.2, -0.15) is 5.10 Å². The molecule has 0 saturated heterocycles. The average Bonchev–Trinajstić information content (AvgIpc) is 2.90. The van der Waals surface area contributed by atoms with Crippen LogP contribution in [0.4, 0.5) is 0 Å². The van der Waals surface area contributed by atoms with Crippen molar-refractivity contribution < 1.29 is 13.5 Å². The van der Waals surface area contributed by atoms with Crippen molar-refractivity contribution in [2.24, 2.45) is 5.14 Å². The van der Waals surface area contributed by atoms with Crippen LogP contribution in [0.15, 0.2) is 47.8 Å². The van der Waals surface area contributed by atoms with Crippen molar-refractivity contribution in [3.63, 3.8) is 0 Å². The summed E-state index contributed by atoms with van der Waals surface area (Å²) in [7, 11) is -3.70. The van der Waals surface area contributed by atoms with E-state index in [1.165, 1.54) is 12.1 Å². The van der Waals surface area contributed by atoms with Gasteiger partial charge in [0.25, 0.3) is 0 Å². The highest BCUT2D eigenvalue weighted by Crippen LogP contribution is 2.24. The second kappa shape index (κ2) is 5.48. The van der Waals surface area contributed by atoms with E-state index in [9.17, 15) is 8.42 Å². The van der Waals surface area contributed by atoms with Gasteiger partial charge in [-0.05, 0) is 29.7 Å². The van der Waals surface area contributed by atoms with E-state index in [-0.39, 0.29) is 11.5 Å². The minimum atomic E-state index is -3.70. The van der Waals surface area contributed by atoms with Crippen LogP contribution in [0.3, 0.4) is 0 Å². The molecule has 3 rings (SSSR count). The van der Waals surface area contributed by atoms with E-state index in [1.807, 2.05) is 0 Å². The Kier molecular flexibility index (Phi) is 3.65. The molecule has 0 saturated carbocycles. The minimum absolute atomic E-state index is 0.0519. The van der Waals surface area contributed by atoms with Crippen molar-refractivity contribution in [1.29, 1.82) is 0 Å². The number of aliphatic hydroxyl groups excluding tert-OH is 1. The minimum Gasteiger partial charge on any atom is -0.396 e. The van der Waals surface area contributed by atoms with Crippen LogP contribution in [0.1, 0.15) is 5.56 Å². The smallest absolute Gasteiger partial charge is 0.238 e. The standard InChI is InChI=1S/C14H14N4O3S/c15-22(20,21)12-3-1-11(2-4-12)13-8-17-18-9-10(5-6-19)7-16-14(13)18/h1-4,7-9,19H,5-6H2,(H2,15,20,21). The van der Waals surface area contributed by atoms with Crippen LogP contribution in [0.2, 0.25) is 0 Å². The van der Waals surface area contributed by atoms with Crippen molar-refractivity contribution in [3.05, 3.63) is 48.4 Å². The van der Waals surface area contributed by atoms with Gasteiger partial charge in [-0.25, -0.2) is 23.1 Å². The summed E-state index contributed by atoms with van der Waals surface area (Å²) in [5.41, 5.74) is 3.13. The first-order valence-electron chi connectivity index (χ1n) is 6.55. The van der Waals surface area contributed by atoms with Gasteiger partial charge in [-0.1, -0.05) is 12.1 Å². The van der Waals surface area contributed by atoms with Crippen molar-refractivity contribution in [2.75, 3.05) is 6.61 Å². The number of fused-ring (bicyclic) bond motifs is 1. The number of nitrogens with two attached hydrogens (primary N) is 1. The summed E-state index contributed by atoms with van der Waals surface area (Å²) < 4.78 is 24.2. The fourth-order valence-corrected chi connectivity index (χ4v) is 2.71. The summed E-state index contributed by atoms with van der Waals surface area (Å²) in [4.78, 5) is 4.41. The first-order valence-corrected chi connectivity index (χ1v) is 8.10. The van der Waals surface area contributed by atoms with Gasteiger partial charge < -0.3 is 5.11 Å². The van der Waals surface area contributed by atoms with Crippen LogP contribution in [-0.2, 0) is 16.4 Å². The molecule has 0 fully saturated rings. The zero-order valence-electron chi connectivity index (χ0n) is 11.5. The molecule has 2 heterocycles. The van der Waals surface area contributed by atoms with E-state index in [2.05, 4.69) is 10.1 Å². The molecule has 0 unspecified atom stereocenters. The number of aliphatic hydroxyl groups is 1. The Morgan fingerprint density at radius 3 is 2.55 bits per heavy atom. The molecule has 0 aliphatic heterocycles. The Bertz CT molecular complexity index is 917. The quantitative estimate of drug-likeness (QED) is 0.731. The largest absolute Gasteiger partial charge is 0.396 e. The first kappa shape index (κ1) is 14.6. The van der Waals surface area contributed by atoms with Crippen LogP contribution < -0.4 is 5.14 Å². The van der Waals surface area contributed by atoms with Crippen LogP contribution in [0.5, 0.6) is 0 Å². The second-order valence-electron chi connectivity index (χ2n) is 4.83. The third-order valence-electron chi connectivity index (χ3n) is 3.30. The van der Waals surface area contributed by atoms with Crippen molar-refractivity contribution in [2.45, 2.75) is 11.3 Å². The molecule has 2 aromatic heterocycles. The number of sulfonamides is 1. The van der Waals surface area contributed by atoms with Crippen LogP contribution in [0.25, 0.3) is 16.8 Å². The number of hydrogen-bond acceptors (Lipinski definition) is 5. The second-order valence-corrected chi connectivity index (χ2v) is 6.39. The van der Waals surface area contributed by atoms with E-state index in [0.29, 0.717) is 12.1 Å². The summed E-state index contributed by atoms with van der Waals surface area (Å²) in [5.74, 6) is 0. The predicted molar refractivity (Wildman–Crippen MR) is 80.6 cm³/mol. The molecular formula is C14H14N4O3S. The molecule has 0 radical (unpaired) electrons. The lowest BCUT2D eigenvalue weighted by Crippen LogP contribution is -2.11. The molecule has 1 aromatic carbocycles. The molecule has 0 atom stereocenters. The van der Waals surface area contributed by atoms with E-state index in [0.717, 1.165) is 16.7 Å². The van der Waals surface area contributed by atoms with Gasteiger partial charge in [0.05, 0.1) is 11.1 Å². The third kappa shape index (κ3) is 2.71. The van der Waals surface area contributed by atoms with Crippen LogP contribution in [0, 0.1) is 0 Å². The highest BCUT2D eigenvalue weighted by atomic mass is 32.2. The van der Waals surface area contributed by atoms with Gasteiger partial charge in [0.2, 0.25) is 10.0 Å². The Morgan fingerprint density at radius 2 is 1.91 bits per heavy atom. The lowest BCUT2D eigenvalue weighted by Gasteiger charge is -2.02. The summed E-state index contributed by atoms with van der Waals surface area (Å²) in [5, 5.41) is 18.3. The van der Waals surface area contributed by atoms with Crippen LogP contribution in [-0.4, -0.2) is 34.7 Å². The van der Waals surface area contributed by atoms with Gasteiger partial charge in [0, 0.05) is 24.6 Å².